The Morgan fingerprint density at radius 3 is 2.80 bits per heavy atom. The molecule has 0 fully saturated rings. The minimum Gasteiger partial charge on any atom is -0.313 e. The van der Waals surface area contributed by atoms with Crippen LogP contribution >= 0.6 is 22.7 Å². The molecule has 1 N–H and O–H groups in total. The zero-order chi connectivity index (χ0) is 20.7. The highest BCUT2D eigenvalue weighted by molar-refractivity contribution is 7.22. The lowest BCUT2D eigenvalue weighted by Gasteiger charge is -2.11. The Balaban J connectivity index is 1.59. The van der Waals surface area contributed by atoms with Gasteiger partial charge >= 0.3 is 0 Å². The van der Waals surface area contributed by atoms with E-state index in [0.29, 0.717) is 22.3 Å². The van der Waals surface area contributed by atoms with Gasteiger partial charge in [0.15, 0.2) is 16.6 Å². The highest BCUT2D eigenvalue weighted by Crippen LogP contribution is 2.32. The van der Waals surface area contributed by atoms with Crippen molar-refractivity contribution in [1.29, 1.82) is 5.26 Å². The smallest absolute Gasteiger partial charge is 0.211 e. The summed E-state index contributed by atoms with van der Waals surface area (Å²) >= 11 is 3.04. The fraction of sp³-hybridized carbons (Fsp3) is 0.0952. The van der Waals surface area contributed by atoms with Crippen molar-refractivity contribution in [3.8, 4) is 21.8 Å². The SMILES string of the molecule is Cc1cc(-n2ncc(C#N)c2Nc2nnc(-c3cccs3)s2)nc2c(C)cccc12. The maximum Gasteiger partial charge on any atom is 0.211 e. The van der Waals surface area contributed by atoms with Crippen molar-refractivity contribution >= 4 is 44.5 Å². The molecule has 4 heterocycles. The Morgan fingerprint density at radius 2 is 2.00 bits per heavy atom. The summed E-state index contributed by atoms with van der Waals surface area (Å²) in [5.74, 6) is 1.16. The molecule has 9 heteroatoms. The molecule has 1 aromatic carbocycles. The number of para-hydroxylation sites is 1. The number of thiophene rings is 1. The molecule has 0 aliphatic heterocycles. The fourth-order valence-corrected chi connectivity index (χ4v) is 4.79. The van der Waals surface area contributed by atoms with Gasteiger partial charge in [0.05, 0.1) is 16.6 Å². The summed E-state index contributed by atoms with van der Waals surface area (Å²) in [6.07, 6.45) is 1.53. The number of nitriles is 1. The van der Waals surface area contributed by atoms with E-state index in [1.807, 2.05) is 49.6 Å². The summed E-state index contributed by atoms with van der Waals surface area (Å²) in [6.45, 7) is 4.08. The minimum absolute atomic E-state index is 0.409. The van der Waals surface area contributed by atoms with Gasteiger partial charge in [0.1, 0.15) is 11.6 Å². The van der Waals surface area contributed by atoms with Crippen LogP contribution < -0.4 is 5.32 Å². The molecule has 5 rings (SSSR count). The number of pyridine rings is 1. The van der Waals surface area contributed by atoms with E-state index in [1.165, 1.54) is 17.5 Å². The molecule has 0 unspecified atom stereocenters. The van der Waals surface area contributed by atoms with Crippen LogP contribution in [-0.4, -0.2) is 25.0 Å². The molecule has 0 saturated heterocycles. The maximum absolute atomic E-state index is 9.59. The van der Waals surface area contributed by atoms with Crippen LogP contribution in [0.1, 0.15) is 16.7 Å². The number of aryl methyl sites for hydroxylation is 2. The van der Waals surface area contributed by atoms with Crippen LogP contribution in [0.25, 0.3) is 26.6 Å². The normalized spacial score (nSPS) is 11.0. The lowest BCUT2D eigenvalue weighted by Crippen LogP contribution is -2.06. The number of aromatic nitrogens is 5. The lowest BCUT2D eigenvalue weighted by molar-refractivity contribution is 0.857. The topological polar surface area (TPSA) is 92.3 Å². The Bertz CT molecular complexity index is 1410. The van der Waals surface area contributed by atoms with Gasteiger partial charge in [0.25, 0.3) is 0 Å². The van der Waals surface area contributed by atoms with Crippen LogP contribution in [0.5, 0.6) is 0 Å². The molecule has 0 atom stereocenters. The Hall–Kier alpha value is -3.61. The Morgan fingerprint density at radius 1 is 1.10 bits per heavy atom. The summed E-state index contributed by atoms with van der Waals surface area (Å²) in [4.78, 5) is 5.87. The van der Waals surface area contributed by atoms with Crippen molar-refractivity contribution in [2.45, 2.75) is 13.8 Å². The maximum atomic E-state index is 9.59. The first kappa shape index (κ1) is 18.4. The second-order valence-electron chi connectivity index (χ2n) is 6.71. The third-order valence-corrected chi connectivity index (χ3v) is 6.60. The summed E-state index contributed by atoms with van der Waals surface area (Å²) in [5.41, 5.74) is 3.51. The van der Waals surface area contributed by atoms with Gasteiger partial charge in [0, 0.05) is 5.39 Å². The molecule has 0 aliphatic carbocycles. The van der Waals surface area contributed by atoms with E-state index < -0.39 is 0 Å². The van der Waals surface area contributed by atoms with Gasteiger partial charge in [-0.3, -0.25) is 0 Å². The van der Waals surface area contributed by atoms with E-state index in [1.54, 1.807) is 16.0 Å². The number of benzene rings is 1. The second kappa shape index (κ2) is 7.33. The summed E-state index contributed by atoms with van der Waals surface area (Å²) in [7, 11) is 0. The van der Waals surface area contributed by atoms with Gasteiger partial charge in [-0.15, -0.1) is 21.5 Å². The molecular formula is C21H15N7S2. The van der Waals surface area contributed by atoms with E-state index in [9.17, 15) is 5.26 Å². The molecule has 0 saturated carbocycles. The summed E-state index contributed by atoms with van der Waals surface area (Å²) in [5, 5.41) is 30.2. The predicted molar refractivity (Wildman–Crippen MR) is 120 cm³/mol. The largest absolute Gasteiger partial charge is 0.313 e. The van der Waals surface area contributed by atoms with Crippen LogP contribution in [0, 0.1) is 25.2 Å². The van der Waals surface area contributed by atoms with Crippen molar-refractivity contribution < 1.29 is 0 Å². The number of hydrogen-bond acceptors (Lipinski definition) is 8. The first-order chi connectivity index (χ1) is 14.6. The zero-order valence-electron chi connectivity index (χ0n) is 16.1. The van der Waals surface area contributed by atoms with Crippen LogP contribution in [-0.2, 0) is 0 Å². The van der Waals surface area contributed by atoms with Crippen molar-refractivity contribution in [1.82, 2.24) is 25.0 Å². The third-order valence-electron chi connectivity index (χ3n) is 4.72. The van der Waals surface area contributed by atoms with E-state index >= 15 is 0 Å². The summed E-state index contributed by atoms with van der Waals surface area (Å²) < 4.78 is 1.64. The van der Waals surface area contributed by atoms with E-state index in [2.05, 4.69) is 32.7 Å². The highest BCUT2D eigenvalue weighted by Gasteiger charge is 2.17. The van der Waals surface area contributed by atoms with Crippen LogP contribution in [0.3, 0.4) is 0 Å². The van der Waals surface area contributed by atoms with Gasteiger partial charge in [-0.05, 0) is 42.5 Å². The molecule has 0 bridgehead atoms. The first-order valence-electron chi connectivity index (χ1n) is 9.14. The second-order valence-corrected chi connectivity index (χ2v) is 8.64. The Labute approximate surface area is 180 Å². The number of fused-ring (bicyclic) bond motifs is 1. The standard InChI is InChI=1S/C21H15N7S2/c1-12-5-3-6-15-13(2)9-17(24-18(12)15)28-19(14(10-22)11-23-28)25-21-27-26-20(30-21)16-7-4-8-29-16/h3-9,11H,1-2H3,(H,25,27). The average molecular weight is 430 g/mol. The predicted octanol–water partition coefficient (Wildman–Crippen LogP) is 5.23. The minimum atomic E-state index is 0.409. The van der Waals surface area contributed by atoms with Crippen LogP contribution in [0.2, 0.25) is 0 Å². The third kappa shape index (κ3) is 3.12. The van der Waals surface area contributed by atoms with Gasteiger partial charge in [0.2, 0.25) is 5.13 Å². The molecule has 0 spiro atoms. The number of anilines is 2. The molecule has 0 radical (unpaired) electrons. The number of hydrogen-bond donors (Lipinski definition) is 1. The van der Waals surface area contributed by atoms with Crippen molar-refractivity contribution in [2.24, 2.45) is 0 Å². The van der Waals surface area contributed by atoms with E-state index in [4.69, 9.17) is 4.98 Å². The number of nitrogens with one attached hydrogen (secondary N) is 1. The van der Waals surface area contributed by atoms with Gasteiger partial charge in [-0.1, -0.05) is 35.6 Å². The molecule has 146 valence electrons. The van der Waals surface area contributed by atoms with Crippen LogP contribution in [0.15, 0.2) is 48.0 Å². The fourth-order valence-electron chi connectivity index (χ4n) is 3.25. The number of nitrogens with zero attached hydrogens (tertiary/aromatic N) is 6. The van der Waals surface area contributed by atoms with Crippen LogP contribution in [0.4, 0.5) is 10.9 Å². The molecular weight excluding hydrogens is 414 g/mol. The summed E-state index contributed by atoms with van der Waals surface area (Å²) in [6, 6.07) is 14.3. The monoisotopic (exact) mass is 429 g/mol. The highest BCUT2D eigenvalue weighted by atomic mass is 32.1. The number of rotatable bonds is 4. The van der Waals surface area contributed by atoms with Gasteiger partial charge in [-0.2, -0.15) is 15.0 Å². The quantitative estimate of drug-likeness (QED) is 0.420. The van der Waals surface area contributed by atoms with E-state index in [-0.39, 0.29) is 0 Å². The lowest BCUT2D eigenvalue weighted by atomic mass is 10.1. The molecule has 7 nitrogen and oxygen atoms in total. The van der Waals surface area contributed by atoms with Gasteiger partial charge in [-0.25, -0.2) is 4.98 Å². The average Bonchev–Trinajstić information content (AvgIpc) is 3.50. The molecule has 0 amide bonds. The van der Waals surface area contributed by atoms with Gasteiger partial charge < -0.3 is 5.32 Å². The Kier molecular flexibility index (Phi) is 4.50. The van der Waals surface area contributed by atoms with E-state index in [0.717, 1.165) is 31.9 Å². The molecule has 30 heavy (non-hydrogen) atoms. The molecule has 4 aromatic heterocycles. The van der Waals surface area contributed by atoms with Crippen molar-refractivity contribution in [3.63, 3.8) is 0 Å². The van der Waals surface area contributed by atoms with Crippen molar-refractivity contribution in [3.05, 3.63) is 64.7 Å². The zero-order valence-corrected chi connectivity index (χ0v) is 17.8. The first-order valence-corrected chi connectivity index (χ1v) is 10.8. The molecule has 0 aliphatic rings. The molecule has 5 aromatic rings. The van der Waals surface area contributed by atoms with Crippen molar-refractivity contribution in [2.75, 3.05) is 5.32 Å².